The highest BCUT2D eigenvalue weighted by molar-refractivity contribution is 5.49. The average Bonchev–Trinajstić information content (AvgIpc) is 2.78. The fraction of sp³-hybridized carbons (Fsp3) is 0.625. The molecule has 1 aromatic carbocycles. The van der Waals surface area contributed by atoms with Crippen molar-refractivity contribution in [1.29, 1.82) is 0 Å². The van der Waals surface area contributed by atoms with Gasteiger partial charge in [0.1, 0.15) is 0 Å². The minimum atomic E-state index is 0.125. The predicted molar refractivity (Wildman–Crippen MR) is 78.8 cm³/mol. The number of nitrogens with zero attached hydrogens (tertiary/aromatic N) is 1. The van der Waals surface area contributed by atoms with Gasteiger partial charge in [0.05, 0.1) is 0 Å². The van der Waals surface area contributed by atoms with Gasteiger partial charge in [-0.25, -0.2) is 0 Å². The number of hydrogen-bond acceptors (Lipinski definition) is 2. The van der Waals surface area contributed by atoms with Gasteiger partial charge in [-0.05, 0) is 42.4 Å². The molecule has 0 saturated carbocycles. The third-order valence-corrected chi connectivity index (χ3v) is 4.20. The van der Waals surface area contributed by atoms with Gasteiger partial charge in [-0.2, -0.15) is 0 Å². The standard InChI is InChI=1S/C16H26N2/c1-12(17)13-5-7-15(8-6-13)18-10-9-14(11-18)16(2,3)4/h5-8,12,14H,9-11,17H2,1-4H3/t12-,14?/m0/s1. The molecule has 0 aliphatic carbocycles. The Kier molecular flexibility index (Phi) is 3.67. The summed E-state index contributed by atoms with van der Waals surface area (Å²) in [6.45, 7) is 11.4. The van der Waals surface area contributed by atoms with Crippen LogP contribution < -0.4 is 10.6 Å². The number of hydrogen-bond donors (Lipinski definition) is 1. The first-order chi connectivity index (χ1) is 8.38. The largest absolute Gasteiger partial charge is 0.371 e. The van der Waals surface area contributed by atoms with Crippen molar-refractivity contribution in [3.63, 3.8) is 0 Å². The van der Waals surface area contributed by atoms with Crippen molar-refractivity contribution in [3.8, 4) is 0 Å². The first kappa shape index (κ1) is 13.4. The monoisotopic (exact) mass is 246 g/mol. The lowest BCUT2D eigenvalue weighted by Crippen LogP contribution is -2.25. The van der Waals surface area contributed by atoms with Crippen molar-refractivity contribution >= 4 is 5.69 Å². The van der Waals surface area contributed by atoms with E-state index in [-0.39, 0.29) is 6.04 Å². The molecule has 1 unspecified atom stereocenters. The Labute approximate surface area is 111 Å². The molecule has 0 radical (unpaired) electrons. The third kappa shape index (κ3) is 2.86. The zero-order valence-electron chi connectivity index (χ0n) is 12.1. The third-order valence-electron chi connectivity index (χ3n) is 4.20. The number of rotatable bonds is 2. The molecule has 1 aliphatic heterocycles. The number of benzene rings is 1. The van der Waals surface area contributed by atoms with E-state index in [1.54, 1.807) is 0 Å². The Hall–Kier alpha value is -1.02. The lowest BCUT2D eigenvalue weighted by atomic mass is 9.80. The van der Waals surface area contributed by atoms with Crippen molar-refractivity contribution in [2.24, 2.45) is 17.1 Å². The number of nitrogens with two attached hydrogens (primary N) is 1. The van der Waals surface area contributed by atoms with Crippen molar-refractivity contribution in [1.82, 2.24) is 0 Å². The Bertz CT molecular complexity index is 387. The average molecular weight is 246 g/mol. The van der Waals surface area contributed by atoms with Crippen LogP contribution in [0.4, 0.5) is 5.69 Å². The summed E-state index contributed by atoms with van der Waals surface area (Å²) in [6, 6.07) is 8.86. The highest BCUT2D eigenvalue weighted by atomic mass is 15.2. The summed E-state index contributed by atoms with van der Waals surface area (Å²) >= 11 is 0. The predicted octanol–water partition coefficient (Wildman–Crippen LogP) is 3.58. The summed E-state index contributed by atoms with van der Waals surface area (Å²) in [5.41, 5.74) is 8.85. The lowest BCUT2D eigenvalue weighted by molar-refractivity contribution is 0.263. The lowest BCUT2D eigenvalue weighted by Gasteiger charge is -2.27. The van der Waals surface area contributed by atoms with Gasteiger partial charge >= 0.3 is 0 Å². The molecule has 2 heteroatoms. The van der Waals surface area contributed by atoms with Gasteiger partial charge in [-0.3, -0.25) is 0 Å². The van der Waals surface area contributed by atoms with Gasteiger partial charge in [0.2, 0.25) is 0 Å². The molecule has 2 rings (SSSR count). The van der Waals surface area contributed by atoms with E-state index < -0.39 is 0 Å². The molecule has 2 nitrogen and oxygen atoms in total. The maximum Gasteiger partial charge on any atom is 0.0366 e. The molecule has 1 aliphatic rings. The van der Waals surface area contributed by atoms with Gasteiger partial charge in [-0.1, -0.05) is 32.9 Å². The molecule has 0 bridgehead atoms. The highest BCUT2D eigenvalue weighted by Gasteiger charge is 2.31. The van der Waals surface area contributed by atoms with Crippen LogP contribution in [0.5, 0.6) is 0 Å². The summed E-state index contributed by atoms with van der Waals surface area (Å²) < 4.78 is 0. The topological polar surface area (TPSA) is 29.3 Å². The van der Waals surface area contributed by atoms with E-state index in [4.69, 9.17) is 5.73 Å². The van der Waals surface area contributed by atoms with Crippen LogP contribution in [0.2, 0.25) is 0 Å². The SMILES string of the molecule is C[C@H](N)c1ccc(N2CCC(C(C)(C)C)C2)cc1. The summed E-state index contributed by atoms with van der Waals surface area (Å²) in [5.74, 6) is 0.797. The molecule has 1 saturated heterocycles. The maximum absolute atomic E-state index is 5.88. The number of anilines is 1. The van der Waals surface area contributed by atoms with Crippen LogP contribution in [-0.4, -0.2) is 13.1 Å². The Morgan fingerprint density at radius 2 is 1.83 bits per heavy atom. The van der Waals surface area contributed by atoms with Crippen molar-refractivity contribution in [3.05, 3.63) is 29.8 Å². The molecule has 100 valence electrons. The van der Waals surface area contributed by atoms with Gasteiger partial charge in [0, 0.05) is 24.8 Å². The quantitative estimate of drug-likeness (QED) is 0.864. The van der Waals surface area contributed by atoms with Gasteiger partial charge < -0.3 is 10.6 Å². The van der Waals surface area contributed by atoms with Crippen molar-refractivity contribution in [2.75, 3.05) is 18.0 Å². The van der Waals surface area contributed by atoms with Crippen LogP contribution >= 0.6 is 0 Å². The van der Waals surface area contributed by atoms with Crippen LogP contribution in [0.25, 0.3) is 0 Å². The van der Waals surface area contributed by atoms with Crippen LogP contribution in [0.1, 0.15) is 45.7 Å². The molecule has 1 heterocycles. The fourth-order valence-electron chi connectivity index (χ4n) is 2.69. The second kappa shape index (κ2) is 4.93. The van der Waals surface area contributed by atoms with Gasteiger partial charge in [0.25, 0.3) is 0 Å². The first-order valence-electron chi connectivity index (χ1n) is 6.98. The first-order valence-corrected chi connectivity index (χ1v) is 6.98. The second-order valence-electron chi connectivity index (χ2n) is 6.68. The molecule has 2 N–H and O–H groups in total. The molecule has 0 spiro atoms. The molecule has 1 aromatic rings. The smallest absolute Gasteiger partial charge is 0.0366 e. The second-order valence-corrected chi connectivity index (χ2v) is 6.68. The van der Waals surface area contributed by atoms with E-state index in [1.165, 1.54) is 30.8 Å². The van der Waals surface area contributed by atoms with Crippen molar-refractivity contribution < 1.29 is 0 Å². The van der Waals surface area contributed by atoms with Crippen LogP contribution in [-0.2, 0) is 0 Å². The Morgan fingerprint density at radius 1 is 1.22 bits per heavy atom. The zero-order valence-corrected chi connectivity index (χ0v) is 12.1. The fourth-order valence-corrected chi connectivity index (χ4v) is 2.69. The maximum atomic E-state index is 5.88. The van der Waals surface area contributed by atoms with E-state index in [1.807, 2.05) is 6.92 Å². The molecule has 1 fully saturated rings. The summed E-state index contributed by atoms with van der Waals surface area (Å²) in [5, 5.41) is 0. The van der Waals surface area contributed by atoms with E-state index in [9.17, 15) is 0 Å². The molecule has 2 atom stereocenters. The van der Waals surface area contributed by atoms with E-state index in [2.05, 4.69) is 49.9 Å². The van der Waals surface area contributed by atoms with Gasteiger partial charge in [0.15, 0.2) is 0 Å². The zero-order chi connectivity index (χ0) is 13.3. The van der Waals surface area contributed by atoms with Crippen LogP contribution in [0, 0.1) is 11.3 Å². The van der Waals surface area contributed by atoms with E-state index >= 15 is 0 Å². The molecular formula is C16H26N2. The van der Waals surface area contributed by atoms with Crippen LogP contribution in [0.15, 0.2) is 24.3 Å². The molecule has 0 amide bonds. The summed E-state index contributed by atoms with van der Waals surface area (Å²) in [4.78, 5) is 2.50. The summed E-state index contributed by atoms with van der Waals surface area (Å²) in [6.07, 6.45) is 1.30. The van der Waals surface area contributed by atoms with E-state index in [0.29, 0.717) is 5.41 Å². The Morgan fingerprint density at radius 3 is 2.28 bits per heavy atom. The summed E-state index contributed by atoms with van der Waals surface area (Å²) in [7, 11) is 0. The normalized spacial score (nSPS) is 22.3. The minimum Gasteiger partial charge on any atom is -0.371 e. The van der Waals surface area contributed by atoms with E-state index in [0.717, 1.165) is 5.92 Å². The van der Waals surface area contributed by atoms with Gasteiger partial charge in [-0.15, -0.1) is 0 Å². The minimum absolute atomic E-state index is 0.125. The molecule has 0 aromatic heterocycles. The molecule has 18 heavy (non-hydrogen) atoms. The van der Waals surface area contributed by atoms with Crippen LogP contribution in [0.3, 0.4) is 0 Å². The molecular weight excluding hydrogens is 220 g/mol. The van der Waals surface area contributed by atoms with Crippen molar-refractivity contribution in [2.45, 2.75) is 40.2 Å². The highest BCUT2D eigenvalue weighted by Crippen LogP contribution is 2.35. The Balaban J connectivity index is 2.05.